The molecule has 0 spiro atoms. The lowest BCUT2D eigenvalue weighted by Gasteiger charge is -2.01. The standard InChI is InChI=1S/C9H13N3O3/c1-3-12-6-7(5-10-12)11-8(13)9(14)15-4-2/h5-6H,3-4H2,1-2H3,(H,11,13). The predicted octanol–water partition coefficient (Wildman–Crippen LogP) is 0.405. The maximum absolute atomic E-state index is 11.2. The molecule has 0 radical (unpaired) electrons. The first-order chi connectivity index (χ1) is 7.17. The van der Waals surface area contributed by atoms with E-state index in [1.54, 1.807) is 17.8 Å². The molecule has 6 heteroatoms. The summed E-state index contributed by atoms with van der Waals surface area (Å²) in [6.45, 7) is 4.44. The number of carbonyl (C=O) groups is 2. The van der Waals surface area contributed by atoms with Crippen LogP contribution in [0.2, 0.25) is 0 Å². The molecule has 1 amide bonds. The second-order valence-electron chi connectivity index (χ2n) is 2.76. The van der Waals surface area contributed by atoms with Crippen LogP contribution in [0.5, 0.6) is 0 Å². The van der Waals surface area contributed by atoms with E-state index in [0.29, 0.717) is 12.2 Å². The van der Waals surface area contributed by atoms with Gasteiger partial charge >= 0.3 is 11.9 Å². The van der Waals surface area contributed by atoms with Crippen LogP contribution >= 0.6 is 0 Å². The quantitative estimate of drug-likeness (QED) is 0.580. The van der Waals surface area contributed by atoms with Gasteiger partial charge in [-0.25, -0.2) is 4.79 Å². The normalized spacial score (nSPS) is 9.73. The molecule has 6 nitrogen and oxygen atoms in total. The van der Waals surface area contributed by atoms with Crippen LogP contribution in [-0.4, -0.2) is 28.3 Å². The molecule has 1 N–H and O–H groups in total. The van der Waals surface area contributed by atoms with Gasteiger partial charge < -0.3 is 10.1 Å². The van der Waals surface area contributed by atoms with Crippen LogP contribution in [0.3, 0.4) is 0 Å². The number of aromatic nitrogens is 2. The van der Waals surface area contributed by atoms with Gasteiger partial charge in [-0.1, -0.05) is 0 Å². The Balaban J connectivity index is 2.54. The van der Waals surface area contributed by atoms with Gasteiger partial charge in [0, 0.05) is 12.7 Å². The van der Waals surface area contributed by atoms with E-state index in [9.17, 15) is 9.59 Å². The van der Waals surface area contributed by atoms with Gasteiger partial charge in [-0.05, 0) is 13.8 Å². The Labute approximate surface area is 87.2 Å². The monoisotopic (exact) mass is 211 g/mol. The molecular weight excluding hydrogens is 198 g/mol. The molecule has 0 aliphatic heterocycles. The number of carbonyl (C=O) groups excluding carboxylic acids is 2. The average Bonchev–Trinajstić information content (AvgIpc) is 2.66. The van der Waals surface area contributed by atoms with Crippen molar-refractivity contribution >= 4 is 17.6 Å². The van der Waals surface area contributed by atoms with Crippen molar-refractivity contribution < 1.29 is 14.3 Å². The Kier molecular flexibility index (Phi) is 3.84. The highest BCUT2D eigenvalue weighted by Crippen LogP contribution is 2.04. The molecule has 1 heterocycles. The van der Waals surface area contributed by atoms with E-state index in [-0.39, 0.29) is 6.61 Å². The van der Waals surface area contributed by atoms with Crippen molar-refractivity contribution in [2.75, 3.05) is 11.9 Å². The van der Waals surface area contributed by atoms with Gasteiger partial charge in [0.25, 0.3) is 0 Å². The van der Waals surface area contributed by atoms with Crippen molar-refractivity contribution in [2.24, 2.45) is 0 Å². The molecule has 15 heavy (non-hydrogen) atoms. The zero-order chi connectivity index (χ0) is 11.3. The molecule has 0 aromatic carbocycles. The topological polar surface area (TPSA) is 73.2 Å². The number of aryl methyl sites for hydroxylation is 1. The fraction of sp³-hybridized carbons (Fsp3) is 0.444. The third-order valence-corrected chi connectivity index (χ3v) is 1.68. The number of anilines is 1. The van der Waals surface area contributed by atoms with Gasteiger partial charge in [0.1, 0.15) is 0 Å². The molecule has 1 rings (SSSR count). The summed E-state index contributed by atoms with van der Waals surface area (Å²) < 4.78 is 6.17. The molecule has 1 aromatic rings. The maximum Gasteiger partial charge on any atom is 0.397 e. The zero-order valence-corrected chi connectivity index (χ0v) is 8.69. The molecule has 0 fully saturated rings. The SMILES string of the molecule is CCOC(=O)C(=O)Nc1cnn(CC)c1. The fourth-order valence-electron chi connectivity index (χ4n) is 0.980. The van der Waals surface area contributed by atoms with Gasteiger partial charge in [0.2, 0.25) is 0 Å². The van der Waals surface area contributed by atoms with Crippen molar-refractivity contribution in [1.82, 2.24) is 9.78 Å². The van der Waals surface area contributed by atoms with E-state index >= 15 is 0 Å². The summed E-state index contributed by atoms with van der Waals surface area (Å²) in [4.78, 5) is 22.1. The van der Waals surface area contributed by atoms with E-state index in [1.165, 1.54) is 6.20 Å². The molecule has 0 aliphatic rings. The highest BCUT2D eigenvalue weighted by molar-refractivity contribution is 6.37. The molecule has 0 saturated carbocycles. The molecule has 0 saturated heterocycles. The first-order valence-electron chi connectivity index (χ1n) is 4.68. The second-order valence-corrected chi connectivity index (χ2v) is 2.76. The van der Waals surface area contributed by atoms with Crippen molar-refractivity contribution in [1.29, 1.82) is 0 Å². The second kappa shape index (κ2) is 5.14. The Bertz CT molecular complexity index is 359. The summed E-state index contributed by atoms with van der Waals surface area (Å²) in [6, 6.07) is 0. The molecule has 1 aromatic heterocycles. The lowest BCUT2D eigenvalue weighted by atomic mass is 10.5. The number of amides is 1. The molecule has 82 valence electrons. The molecular formula is C9H13N3O3. The molecule has 0 unspecified atom stereocenters. The zero-order valence-electron chi connectivity index (χ0n) is 8.69. The van der Waals surface area contributed by atoms with Crippen molar-refractivity contribution in [3.63, 3.8) is 0 Å². The van der Waals surface area contributed by atoms with Crippen LogP contribution in [0.25, 0.3) is 0 Å². The minimum atomic E-state index is -0.887. The van der Waals surface area contributed by atoms with E-state index in [1.807, 2.05) is 6.92 Å². The first kappa shape index (κ1) is 11.2. The molecule has 0 atom stereocenters. The van der Waals surface area contributed by atoms with Crippen LogP contribution < -0.4 is 5.32 Å². The van der Waals surface area contributed by atoms with Gasteiger partial charge in [-0.2, -0.15) is 5.10 Å². The van der Waals surface area contributed by atoms with E-state index in [2.05, 4.69) is 15.2 Å². The number of hydrogen-bond donors (Lipinski definition) is 1. The molecule has 0 bridgehead atoms. The number of nitrogens with one attached hydrogen (secondary N) is 1. The van der Waals surface area contributed by atoms with Crippen LogP contribution in [0.1, 0.15) is 13.8 Å². The summed E-state index contributed by atoms with van der Waals surface area (Å²) in [5, 5.41) is 6.33. The average molecular weight is 211 g/mol. The highest BCUT2D eigenvalue weighted by Gasteiger charge is 2.15. The minimum absolute atomic E-state index is 0.181. The summed E-state index contributed by atoms with van der Waals surface area (Å²) >= 11 is 0. The van der Waals surface area contributed by atoms with Crippen LogP contribution in [0.4, 0.5) is 5.69 Å². The number of nitrogens with zero attached hydrogens (tertiary/aromatic N) is 2. The molecule has 0 aliphatic carbocycles. The summed E-state index contributed by atoms with van der Waals surface area (Å²) in [5.41, 5.74) is 0.481. The van der Waals surface area contributed by atoms with Gasteiger partial charge in [-0.3, -0.25) is 9.48 Å². The van der Waals surface area contributed by atoms with E-state index in [4.69, 9.17) is 0 Å². The summed E-state index contributed by atoms with van der Waals surface area (Å²) in [6.07, 6.45) is 3.11. The minimum Gasteiger partial charge on any atom is -0.459 e. The van der Waals surface area contributed by atoms with E-state index < -0.39 is 11.9 Å². The van der Waals surface area contributed by atoms with Crippen LogP contribution in [0.15, 0.2) is 12.4 Å². The Morgan fingerprint density at radius 1 is 1.53 bits per heavy atom. The highest BCUT2D eigenvalue weighted by atomic mass is 16.5. The number of esters is 1. The Morgan fingerprint density at radius 2 is 2.27 bits per heavy atom. The smallest absolute Gasteiger partial charge is 0.397 e. The van der Waals surface area contributed by atoms with Gasteiger partial charge in [0.15, 0.2) is 0 Å². The first-order valence-corrected chi connectivity index (χ1v) is 4.68. The van der Waals surface area contributed by atoms with Crippen molar-refractivity contribution in [2.45, 2.75) is 20.4 Å². The lowest BCUT2D eigenvalue weighted by molar-refractivity contribution is -0.152. The summed E-state index contributed by atoms with van der Waals surface area (Å²) in [7, 11) is 0. The summed E-state index contributed by atoms with van der Waals surface area (Å²) in [5.74, 6) is -1.67. The number of hydrogen-bond acceptors (Lipinski definition) is 4. The third kappa shape index (κ3) is 3.08. The van der Waals surface area contributed by atoms with Crippen LogP contribution in [-0.2, 0) is 20.9 Å². The number of rotatable bonds is 3. The van der Waals surface area contributed by atoms with Crippen molar-refractivity contribution in [3.8, 4) is 0 Å². The third-order valence-electron chi connectivity index (χ3n) is 1.68. The largest absolute Gasteiger partial charge is 0.459 e. The van der Waals surface area contributed by atoms with Gasteiger partial charge in [0.05, 0.1) is 18.5 Å². The Hall–Kier alpha value is -1.85. The predicted molar refractivity (Wildman–Crippen MR) is 53.2 cm³/mol. The lowest BCUT2D eigenvalue weighted by Crippen LogP contribution is -2.24. The fourth-order valence-corrected chi connectivity index (χ4v) is 0.980. The Morgan fingerprint density at radius 3 is 2.80 bits per heavy atom. The van der Waals surface area contributed by atoms with Crippen molar-refractivity contribution in [3.05, 3.63) is 12.4 Å². The van der Waals surface area contributed by atoms with Gasteiger partial charge in [-0.15, -0.1) is 0 Å². The van der Waals surface area contributed by atoms with E-state index in [0.717, 1.165) is 0 Å². The number of ether oxygens (including phenoxy) is 1. The van der Waals surface area contributed by atoms with Crippen LogP contribution in [0, 0.1) is 0 Å². The maximum atomic E-state index is 11.2.